The van der Waals surface area contributed by atoms with Crippen molar-refractivity contribution in [3.8, 4) is 0 Å². The summed E-state index contributed by atoms with van der Waals surface area (Å²) in [5.41, 5.74) is -0.397. The summed E-state index contributed by atoms with van der Waals surface area (Å²) >= 11 is 0. The van der Waals surface area contributed by atoms with Crippen LogP contribution < -0.4 is 0 Å². The maximum absolute atomic E-state index is 10.7. The van der Waals surface area contributed by atoms with Gasteiger partial charge in [-0.3, -0.25) is 0 Å². The molecule has 1 rings (SSSR count). The fourth-order valence-electron chi connectivity index (χ4n) is 1.01. The summed E-state index contributed by atoms with van der Waals surface area (Å²) < 4.78 is 4.44. The van der Waals surface area contributed by atoms with Gasteiger partial charge in [-0.25, -0.2) is 4.79 Å². The minimum Gasteiger partial charge on any atom is -0.451 e. The number of ether oxygens (including phenoxy) is 1. The van der Waals surface area contributed by atoms with Crippen molar-refractivity contribution in [2.24, 2.45) is 5.16 Å². The van der Waals surface area contributed by atoms with Gasteiger partial charge in [-0.05, 0) is 0 Å². The fraction of sp³-hybridized carbons (Fsp3) is 0.667. The molecule has 0 aromatic carbocycles. The van der Waals surface area contributed by atoms with Gasteiger partial charge in [-0.2, -0.15) is 0 Å². The highest BCUT2D eigenvalue weighted by Crippen LogP contribution is 2.15. The lowest BCUT2D eigenvalue weighted by atomic mass is 10.1. The van der Waals surface area contributed by atoms with Crippen LogP contribution in [0, 0.1) is 0 Å². The molecule has 0 aliphatic carbocycles. The maximum atomic E-state index is 10.7. The van der Waals surface area contributed by atoms with Gasteiger partial charge >= 0.3 is 5.97 Å². The van der Waals surface area contributed by atoms with E-state index in [9.17, 15) is 4.79 Å². The minimum absolute atomic E-state index is 0.397. The van der Waals surface area contributed by atoms with Crippen molar-refractivity contribution in [3.05, 3.63) is 0 Å². The van der Waals surface area contributed by atoms with Crippen LogP contribution >= 0.6 is 0 Å². The van der Waals surface area contributed by atoms with Crippen LogP contribution in [0.2, 0.25) is 0 Å². The Labute approximate surface area is 72.9 Å². The molecule has 1 heterocycles. The average Bonchev–Trinajstić information content (AvgIpc) is 2.42. The summed E-state index contributed by atoms with van der Waals surface area (Å²) in [5.74, 6) is -1.01. The Hall–Kier alpha value is -1.18. The van der Waals surface area contributed by atoms with Crippen molar-refractivity contribution in [2.45, 2.75) is 18.3 Å². The SMILES string of the molecule is O=C1OC(C(O)CO)C(=NO)C1O. The standard InChI is InChI=1S/C6H9NO6/c8-1-2(9)5-3(7-12)4(10)6(11)13-5/h2,4-5,8-10,12H,1H2. The Balaban J connectivity index is 2.83. The van der Waals surface area contributed by atoms with Crippen LogP contribution in [0.25, 0.3) is 0 Å². The second kappa shape index (κ2) is 3.69. The van der Waals surface area contributed by atoms with Gasteiger partial charge in [-0.15, -0.1) is 0 Å². The van der Waals surface area contributed by atoms with Gasteiger partial charge in [0.25, 0.3) is 0 Å². The van der Waals surface area contributed by atoms with Crippen LogP contribution in [0.5, 0.6) is 0 Å². The minimum atomic E-state index is -1.67. The first-order chi connectivity index (χ1) is 6.11. The molecule has 0 aromatic rings. The number of hydrogen-bond donors (Lipinski definition) is 4. The van der Waals surface area contributed by atoms with Crippen LogP contribution in [-0.4, -0.2) is 57.1 Å². The first kappa shape index (κ1) is 9.90. The van der Waals surface area contributed by atoms with E-state index in [-0.39, 0.29) is 0 Å². The molecule has 7 heteroatoms. The van der Waals surface area contributed by atoms with Gasteiger partial charge in [-0.1, -0.05) is 5.16 Å². The Bertz CT molecular complexity index is 239. The summed E-state index contributed by atoms with van der Waals surface area (Å²) in [5, 5.41) is 37.6. The topological polar surface area (TPSA) is 120 Å². The lowest BCUT2D eigenvalue weighted by Crippen LogP contribution is -2.36. The molecule has 0 amide bonds. The highest BCUT2D eigenvalue weighted by Gasteiger charge is 2.44. The molecule has 0 radical (unpaired) electrons. The number of esters is 1. The zero-order chi connectivity index (χ0) is 10.0. The lowest BCUT2D eigenvalue weighted by Gasteiger charge is -2.13. The van der Waals surface area contributed by atoms with E-state index < -0.39 is 36.6 Å². The van der Waals surface area contributed by atoms with Crippen LogP contribution in [-0.2, 0) is 9.53 Å². The summed E-state index contributed by atoms with van der Waals surface area (Å²) in [6.07, 6.45) is -4.35. The monoisotopic (exact) mass is 191 g/mol. The highest BCUT2D eigenvalue weighted by atomic mass is 16.6. The zero-order valence-corrected chi connectivity index (χ0v) is 6.49. The second-order valence-electron chi connectivity index (χ2n) is 2.53. The maximum Gasteiger partial charge on any atom is 0.341 e. The molecule has 1 saturated heterocycles. The van der Waals surface area contributed by atoms with Crippen molar-refractivity contribution in [1.82, 2.24) is 0 Å². The van der Waals surface area contributed by atoms with Crippen LogP contribution in [0.4, 0.5) is 0 Å². The van der Waals surface area contributed by atoms with Crippen molar-refractivity contribution in [1.29, 1.82) is 0 Å². The number of hydrogen-bond acceptors (Lipinski definition) is 7. The molecular formula is C6H9NO6. The molecule has 0 saturated carbocycles. The third-order valence-corrected chi connectivity index (χ3v) is 1.69. The number of carbonyl (C=O) groups excluding carboxylic acids is 1. The third kappa shape index (κ3) is 1.62. The first-order valence-electron chi connectivity index (χ1n) is 3.51. The molecule has 1 aliphatic heterocycles. The molecule has 74 valence electrons. The largest absolute Gasteiger partial charge is 0.451 e. The molecular weight excluding hydrogens is 182 g/mol. The number of aliphatic hydroxyl groups excluding tert-OH is 3. The van der Waals surface area contributed by atoms with Crippen molar-refractivity contribution >= 4 is 11.7 Å². The number of aliphatic hydroxyl groups is 3. The third-order valence-electron chi connectivity index (χ3n) is 1.69. The van der Waals surface area contributed by atoms with Gasteiger partial charge in [0.15, 0.2) is 12.2 Å². The van der Waals surface area contributed by atoms with Crippen LogP contribution in [0.1, 0.15) is 0 Å². The molecule has 0 spiro atoms. The van der Waals surface area contributed by atoms with E-state index in [0.29, 0.717) is 0 Å². The Morgan fingerprint density at radius 3 is 2.69 bits per heavy atom. The summed E-state index contributed by atoms with van der Waals surface area (Å²) in [4.78, 5) is 10.7. The van der Waals surface area contributed by atoms with Crippen molar-refractivity contribution in [3.63, 3.8) is 0 Å². The second-order valence-corrected chi connectivity index (χ2v) is 2.53. The normalized spacial score (nSPS) is 33.5. The smallest absolute Gasteiger partial charge is 0.341 e. The number of oxime groups is 1. The molecule has 4 N–H and O–H groups in total. The Kier molecular flexibility index (Phi) is 2.81. The lowest BCUT2D eigenvalue weighted by molar-refractivity contribution is -0.151. The Morgan fingerprint density at radius 1 is 1.62 bits per heavy atom. The van der Waals surface area contributed by atoms with Gasteiger partial charge in [0.2, 0.25) is 0 Å². The van der Waals surface area contributed by atoms with Gasteiger partial charge in [0, 0.05) is 0 Å². The molecule has 3 unspecified atom stereocenters. The molecule has 0 aromatic heterocycles. The van der Waals surface area contributed by atoms with Gasteiger partial charge < -0.3 is 25.3 Å². The van der Waals surface area contributed by atoms with Gasteiger partial charge in [0.05, 0.1) is 6.61 Å². The molecule has 3 atom stereocenters. The summed E-state index contributed by atoms with van der Waals surface area (Å²) in [6.45, 7) is -0.663. The molecule has 1 aliphatic rings. The van der Waals surface area contributed by atoms with E-state index in [1.807, 2.05) is 0 Å². The molecule has 13 heavy (non-hydrogen) atoms. The van der Waals surface area contributed by atoms with E-state index >= 15 is 0 Å². The zero-order valence-electron chi connectivity index (χ0n) is 6.49. The van der Waals surface area contributed by atoms with Gasteiger partial charge in [0.1, 0.15) is 11.8 Å². The molecule has 1 fully saturated rings. The quantitative estimate of drug-likeness (QED) is 0.217. The van der Waals surface area contributed by atoms with E-state index in [1.54, 1.807) is 0 Å². The van der Waals surface area contributed by atoms with Crippen molar-refractivity contribution in [2.75, 3.05) is 6.61 Å². The first-order valence-corrected chi connectivity index (χ1v) is 3.51. The van der Waals surface area contributed by atoms with E-state index in [2.05, 4.69) is 9.89 Å². The number of nitrogens with zero attached hydrogens (tertiary/aromatic N) is 1. The van der Waals surface area contributed by atoms with E-state index in [0.717, 1.165) is 0 Å². The summed E-state index contributed by atoms with van der Waals surface area (Å²) in [6, 6.07) is 0. The number of cyclic esters (lactones) is 1. The predicted octanol–water partition coefficient (Wildman–Crippen LogP) is -2.54. The van der Waals surface area contributed by atoms with E-state index in [4.69, 9.17) is 20.5 Å². The Morgan fingerprint density at radius 2 is 2.23 bits per heavy atom. The highest BCUT2D eigenvalue weighted by molar-refractivity contribution is 6.12. The average molecular weight is 191 g/mol. The molecule has 0 bridgehead atoms. The van der Waals surface area contributed by atoms with Crippen molar-refractivity contribution < 1.29 is 30.1 Å². The number of carbonyl (C=O) groups is 1. The molecule has 7 nitrogen and oxygen atoms in total. The fourth-order valence-corrected chi connectivity index (χ4v) is 1.01. The summed E-state index contributed by atoms with van der Waals surface area (Å²) in [7, 11) is 0. The van der Waals surface area contributed by atoms with Crippen LogP contribution in [0.15, 0.2) is 5.16 Å². The number of rotatable bonds is 2. The predicted molar refractivity (Wildman–Crippen MR) is 38.2 cm³/mol. The van der Waals surface area contributed by atoms with Crippen LogP contribution in [0.3, 0.4) is 0 Å². The van der Waals surface area contributed by atoms with E-state index in [1.165, 1.54) is 0 Å².